The highest BCUT2D eigenvalue weighted by molar-refractivity contribution is 7.52. The molecule has 0 aromatic heterocycles. The molecule has 0 aliphatic heterocycles. The van der Waals surface area contributed by atoms with Gasteiger partial charge in [-0.3, -0.25) is 4.57 Å². The molecule has 1 aromatic carbocycles. The Morgan fingerprint density at radius 1 is 0.957 bits per heavy atom. The molecule has 0 saturated carbocycles. The van der Waals surface area contributed by atoms with E-state index >= 15 is 0 Å². The largest absolute Gasteiger partial charge is 0.361 e. The fourth-order valence-electron chi connectivity index (χ4n) is 2.57. The van der Waals surface area contributed by atoms with Crippen molar-refractivity contribution in [2.75, 3.05) is 0 Å². The maximum absolute atomic E-state index is 11.6. The van der Waals surface area contributed by atoms with Crippen molar-refractivity contribution in [1.29, 1.82) is 0 Å². The van der Waals surface area contributed by atoms with Gasteiger partial charge in [-0.2, -0.15) is 0 Å². The Hall–Kier alpha value is -0.670. The van der Waals surface area contributed by atoms with E-state index < -0.39 is 13.4 Å². The molecule has 0 heterocycles. The van der Waals surface area contributed by atoms with Crippen molar-refractivity contribution in [3.8, 4) is 0 Å². The summed E-state index contributed by atoms with van der Waals surface area (Å²) in [4.78, 5) is 18.9. The van der Waals surface area contributed by atoms with Gasteiger partial charge >= 0.3 is 7.60 Å². The molecule has 1 atom stereocenters. The second-order valence-corrected chi connectivity index (χ2v) is 7.86. The highest BCUT2D eigenvalue weighted by Crippen LogP contribution is 2.44. The lowest BCUT2D eigenvalue weighted by atomic mass is 10.1. The van der Waals surface area contributed by atoms with Crippen LogP contribution in [0.1, 0.15) is 70.3 Å². The topological polar surface area (TPSA) is 66.8 Å². The molecule has 0 amide bonds. The van der Waals surface area contributed by atoms with Gasteiger partial charge in [0.15, 0.2) is 5.85 Å². The summed E-state index contributed by atoms with van der Waals surface area (Å²) < 4.78 is 17.0. The zero-order chi connectivity index (χ0) is 17.0. The predicted octanol–water partition coefficient (Wildman–Crippen LogP) is 5.24. The summed E-state index contributed by atoms with van der Waals surface area (Å²) >= 11 is 0. The number of hydrogen-bond acceptors (Lipinski definition) is 2. The molecule has 0 fully saturated rings. The summed E-state index contributed by atoms with van der Waals surface area (Å²) in [5.41, 5.74) is 0.932. The Balaban J connectivity index is 2.23. The van der Waals surface area contributed by atoms with Gasteiger partial charge in [-0.15, -0.1) is 0 Å². The molecule has 1 aromatic rings. The maximum Gasteiger partial charge on any atom is 0.354 e. The molecule has 2 N–H and O–H groups in total. The van der Waals surface area contributed by atoms with Gasteiger partial charge in [0.25, 0.3) is 0 Å². The first-order chi connectivity index (χ1) is 11.0. The van der Waals surface area contributed by atoms with Crippen LogP contribution in [-0.4, -0.2) is 15.6 Å². The van der Waals surface area contributed by atoms with Gasteiger partial charge in [-0.1, -0.05) is 88.6 Å². The van der Waals surface area contributed by atoms with Crippen molar-refractivity contribution >= 4 is 7.60 Å². The third-order valence-electron chi connectivity index (χ3n) is 3.96. The van der Waals surface area contributed by atoms with Gasteiger partial charge in [-0.25, -0.2) is 0 Å². The summed E-state index contributed by atoms with van der Waals surface area (Å²) in [5.74, 6) is -0.984. The zero-order valence-corrected chi connectivity index (χ0v) is 15.1. The highest BCUT2D eigenvalue weighted by atomic mass is 31.2. The summed E-state index contributed by atoms with van der Waals surface area (Å²) in [5, 5.41) is 0. The van der Waals surface area contributed by atoms with Crippen LogP contribution in [0.2, 0.25) is 0 Å². The Kier molecular flexibility index (Phi) is 10.5. The van der Waals surface area contributed by atoms with Gasteiger partial charge in [0, 0.05) is 0 Å². The SMILES string of the molecule is CCCCCCCCCCC(OCc1ccccc1)P(=O)(O)O. The van der Waals surface area contributed by atoms with Crippen LogP contribution in [0.25, 0.3) is 0 Å². The average Bonchev–Trinajstić information content (AvgIpc) is 2.52. The second-order valence-electron chi connectivity index (χ2n) is 6.10. The van der Waals surface area contributed by atoms with Crippen LogP contribution in [0, 0.1) is 0 Å². The lowest BCUT2D eigenvalue weighted by Gasteiger charge is -2.19. The van der Waals surface area contributed by atoms with Crippen molar-refractivity contribution < 1.29 is 19.1 Å². The highest BCUT2D eigenvalue weighted by Gasteiger charge is 2.29. The van der Waals surface area contributed by atoms with Crippen LogP contribution in [0.15, 0.2) is 30.3 Å². The van der Waals surface area contributed by atoms with E-state index in [4.69, 9.17) is 4.74 Å². The monoisotopic (exact) mass is 342 g/mol. The Morgan fingerprint density at radius 3 is 2.09 bits per heavy atom. The van der Waals surface area contributed by atoms with Crippen LogP contribution < -0.4 is 0 Å². The lowest BCUT2D eigenvalue weighted by molar-refractivity contribution is 0.0665. The summed E-state index contributed by atoms with van der Waals surface area (Å²) in [6.45, 7) is 2.45. The van der Waals surface area contributed by atoms with Crippen molar-refractivity contribution in [3.05, 3.63) is 35.9 Å². The van der Waals surface area contributed by atoms with E-state index in [2.05, 4.69) is 6.92 Å². The van der Waals surface area contributed by atoms with Gasteiger partial charge in [0.1, 0.15) is 0 Å². The molecule has 1 rings (SSSR count). The third-order valence-corrected chi connectivity index (χ3v) is 5.12. The lowest BCUT2D eigenvalue weighted by Crippen LogP contribution is -2.13. The normalized spacial score (nSPS) is 13.2. The van der Waals surface area contributed by atoms with E-state index in [9.17, 15) is 14.4 Å². The Labute approximate surface area is 140 Å². The Bertz CT molecular complexity index is 444. The molecule has 0 radical (unpaired) electrons. The summed E-state index contributed by atoms with van der Waals surface area (Å²) in [6.07, 6.45) is 9.70. The number of unbranched alkanes of at least 4 members (excludes halogenated alkanes) is 7. The standard InChI is InChI=1S/C18H31O4P/c1-2-3-4-5-6-7-8-12-15-18(23(19,20)21)22-16-17-13-10-9-11-14-17/h9-11,13-14,18H,2-8,12,15-16H2,1H3,(H2,19,20,21). The quantitative estimate of drug-likeness (QED) is 0.380. The first-order valence-corrected chi connectivity index (χ1v) is 10.4. The van der Waals surface area contributed by atoms with E-state index in [1.807, 2.05) is 30.3 Å². The number of benzene rings is 1. The minimum Gasteiger partial charge on any atom is -0.361 e. The smallest absolute Gasteiger partial charge is 0.354 e. The van der Waals surface area contributed by atoms with Crippen molar-refractivity contribution in [2.45, 2.75) is 77.2 Å². The van der Waals surface area contributed by atoms with Gasteiger partial charge < -0.3 is 14.5 Å². The number of ether oxygens (including phenoxy) is 1. The van der Waals surface area contributed by atoms with Crippen molar-refractivity contribution in [2.24, 2.45) is 0 Å². The van der Waals surface area contributed by atoms with Crippen molar-refractivity contribution in [1.82, 2.24) is 0 Å². The van der Waals surface area contributed by atoms with Gasteiger partial charge in [0.2, 0.25) is 0 Å². The molecule has 0 aliphatic carbocycles. The van der Waals surface area contributed by atoms with E-state index in [-0.39, 0.29) is 6.61 Å². The van der Waals surface area contributed by atoms with Crippen LogP contribution in [-0.2, 0) is 15.9 Å². The molecule has 0 bridgehead atoms. The van der Waals surface area contributed by atoms with Gasteiger partial charge in [0.05, 0.1) is 6.61 Å². The number of rotatable bonds is 13. The third kappa shape index (κ3) is 9.93. The van der Waals surface area contributed by atoms with E-state index in [0.717, 1.165) is 24.8 Å². The van der Waals surface area contributed by atoms with E-state index in [0.29, 0.717) is 6.42 Å². The fraction of sp³-hybridized carbons (Fsp3) is 0.667. The molecule has 132 valence electrons. The zero-order valence-electron chi connectivity index (χ0n) is 14.2. The van der Waals surface area contributed by atoms with Crippen LogP contribution in [0.3, 0.4) is 0 Å². The molecule has 5 heteroatoms. The van der Waals surface area contributed by atoms with Crippen molar-refractivity contribution in [3.63, 3.8) is 0 Å². The molecule has 23 heavy (non-hydrogen) atoms. The molecule has 0 aliphatic rings. The fourth-order valence-corrected chi connectivity index (χ4v) is 3.36. The predicted molar refractivity (Wildman–Crippen MR) is 94.3 cm³/mol. The molecule has 0 saturated heterocycles. The molecule has 0 spiro atoms. The first-order valence-electron chi connectivity index (χ1n) is 8.74. The van der Waals surface area contributed by atoms with Gasteiger partial charge in [-0.05, 0) is 12.0 Å². The molecular formula is C18H31O4P. The average molecular weight is 342 g/mol. The van der Waals surface area contributed by atoms with Crippen LogP contribution >= 0.6 is 7.60 Å². The van der Waals surface area contributed by atoms with Crippen LogP contribution in [0.4, 0.5) is 0 Å². The molecule has 4 nitrogen and oxygen atoms in total. The van der Waals surface area contributed by atoms with E-state index in [1.54, 1.807) is 0 Å². The maximum atomic E-state index is 11.6. The minimum absolute atomic E-state index is 0.244. The number of hydrogen-bond donors (Lipinski definition) is 2. The Morgan fingerprint density at radius 2 is 1.52 bits per heavy atom. The molecule has 1 unspecified atom stereocenters. The van der Waals surface area contributed by atoms with E-state index in [1.165, 1.54) is 32.1 Å². The second kappa shape index (κ2) is 11.8. The molecular weight excluding hydrogens is 311 g/mol. The van der Waals surface area contributed by atoms with Crippen LogP contribution in [0.5, 0.6) is 0 Å². The minimum atomic E-state index is -4.21. The summed E-state index contributed by atoms with van der Waals surface area (Å²) in [7, 11) is -4.21. The first kappa shape index (κ1) is 20.4. The summed E-state index contributed by atoms with van der Waals surface area (Å²) in [6, 6.07) is 9.48.